The van der Waals surface area contributed by atoms with Gasteiger partial charge in [-0.15, -0.1) is 29.7 Å². The fraction of sp³-hybridized carbons (Fsp3) is 0.165. The maximum Gasteiger partial charge on any atom is 0.268 e. The SMILES string of the molecule is [2H]c1c([2H])c([2H])c(-c2cnc(-n3c4[c-]c(Oc5[c-]c(-n6[c-][n+](-c7c(-c8c([2H])c(-c9c([2H])c([2H])c([2H])c([2H])c9[2H])c([2H])c(-c9c([2H])c([2H])c([2H])c([2H])c9[2H])c8[2H])cccc7C(C)(C)C)c7ccc(-c8cc(C(C)(C)C)cc(C(C)(C)C)c8)cc76)ccc5)ccc4c4ccccc43)cc2C([2H])([2H])[2H])c([2H])c1[2H].[Pt]. The molecule has 0 bridgehead atoms. The van der Waals surface area contributed by atoms with Crippen LogP contribution in [0.2, 0.25) is 0 Å². The van der Waals surface area contributed by atoms with Gasteiger partial charge in [-0.25, -0.2) is 4.98 Å². The quantitative estimate of drug-likeness (QED) is 0.101. The first-order valence-electron chi connectivity index (χ1n) is 38.0. The fourth-order valence-electron chi connectivity index (χ4n) is 10.6. The number of imidazole rings is 1. The third kappa shape index (κ3) is 11.0. The molecule has 422 valence electrons. The van der Waals surface area contributed by atoms with Gasteiger partial charge in [0.05, 0.1) is 41.4 Å². The molecule has 13 rings (SSSR count). The van der Waals surface area contributed by atoms with Crippen LogP contribution in [0.5, 0.6) is 11.5 Å². The van der Waals surface area contributed by atoms with Crippen LogP contribution in [-0.2, 0) is 37.3 Å². The average Bonchev–Trinajstić information content (AvgIpc) is 1.52. The summed E-state index contributed by atoms with van der Waals surface area (Å²) in [6.45, 7) is 16.0. The van der Waals surface area contributed by atoms with E-state index in [-0.39, 0.29) is 77.0 Å². The van der Waals surface area contributed by atoms with Crippen molar-refractivity contribution in [2.45, 2.75) is 85.4 Å². The molecule has 0 aliphatic carbocycles. The van der Waals surface area contributed by atoms with E-state index >= 15 is 0 Å². The Balaban J connectivity index is 0.0000105. The molecular formula is C79H68N4OPt-2. The molecule has 0 fully saturated rings. The zero-order valence-electron chi connectivity index (χ0n) is 69.1. The maximum absolute atomic E-state index is 10.3. The van der Waals surface area contributed by atoms with Crippen LogP contribution < -0.4 is 9.30 Å². The van der Waals surface area contributed by atoms with E-state index in [4.69, 9.17) is 28.9 Å². The topological polar surface area (TPSA) is 35.9 Å². The van der Waals surface area contributed by atoms with Crippen LogP contribution in [0.25, 0.3) is 106 Å². The van der Waals surface area contributed by atoms with Gasteiger partial charge in [-0.2, -0.15) is 18.2 Å². The van der Waals surface area contributed by atoms with E-state index in [1.165, 1.54) is 12.3 Å². The predicted octanol–water partition coefficient (Wildman–Crippen LogP) is 20.1. The number of aryl methyl sites for hydroxylation is 1. The largest absolute Gasteiger partial charge is 0.510 e. The Hall–Kier alpha value is -8.89. The van der Waals surface area contributed by atoms with Crippen LogP contribution >= 0.6 is 0 Å². The number of para-hydroxylation sites is 2. The summed E-state index contributed by atoms with van der Waals surface area (Å²) >= 11 is 0. The van der Waals surface area contributed by atoms with Crippen molar-refractivity contribution in [3.8, 4) is 84.3 Å². The summed E-state index contributed by atoms with van der Waals surface area (Å²) in [7, 11) is 0. The molecule has 0 aliphatic heterocycles. The molecule has 10 aromatic carbocycles. The third-order valence-electron chi connectivity index (χ3n) is 14.9. The second kappa shape index (κ2) is 22.3. The Labute approximate surface area is 544 Å². The second-order valence-electron chi connectivity index (χ2n) is 23.8. The van der Waals surface area contributed by atoms with Gasteiger partial charge in [0.1, 0.15) is 5.82 Å². The molecular weight excluding hydrogens is 1220 g/mol. The monoisotopic (exact) mass is 1300 g/mol. The van der Waals surface area contributed by atoms with Crippen LogP contribution in [0, 0.1) is 25.3 Å². The van der Waals surface area contributed by atoms with Crippen molar-refractivity contribution in [3.63, 3.8) is 0 Å². The molecule has 85 heavy (non-hydrogen) atoms. The van der Waals surface area contributed by atoms with Crippen molar-refractivity contribution >= 4 is 32.8 Å². The Kier molecular flexibility index (Phi) is 9.62. The van der Waals surface area contributed by atoms with Crippen LogP contribution in [0.4, 0.5) is 0 Å². The number of aromatic nitrogens is 4. The fourth-order valence-corrected chi connectivity index (χ4v) is 10.6. The first-order valence-corrected chi connectivity index (χ1v) is 27.5. The van der Waals surface area contributed by atoms with E-state index in [2.05, 4.69) is 78.2 Å². The van der Waals surface area contributed by atoms with E-state index in [0.717, 1.165) is 27.6 Å². The summed E-state index contributed by atoms with van der Waals surface area (Å²) in [5, 5.41) is 1.44. The van der Waals surface area contributed by atoms with Crippen molar-refractivity contribution in [2.75, 3.05) is 0 Å². The van der Waals surface area contributed by atoms with Crippen LogP contribution in [0.1, 0.15) is 113 Å². The van der Waals surface area contributed by atoms with Gasteiger partial charge in [0.15, 0.2) is 0 Å². The summed E-state index contributed by atoms with van der Waals surface area (Å²) in [6.07, 6.45) is 4.84. The van der Waals surface area contributed by atoms with Crippen LogP contribution in [-0.4, -0.2) is 14.1 Å². The van der Waals surface area contributed by atoms with Gasteiger partial charge < -0.3 is 13.9 Å². The van der Waals surface area contributed by atoms with E-state index in [1.54, 1.807) is 50.1 Å². The molecule has 6 heteroatoms. The smallest absolute Gasteiger partial charge is 0.268 e. The molecule has 0 saturated carbocycles. The molecule has 0 radical (unpaired) electrons. The van der Waals surface area contributed by atoms with Crippen molar-refractivity contribution in [1.29, 1.82) is 0 Å². The molecule has 0 unspecified atom stereocenters. The number of hydrogen-bond acceptors (Lipinski definition) is 2. The Bertz CT molecular complexity index is 5660. The molecule has 0 atom stereocenters. The minimum atomic E-state index is -2.86. The van der Waals surface area contributed by atoms with Gasteiger partial charge in [-0.05, 0) is 143 Å². The summed E-state index contributed by atoms with van der Waals surface area (Å²) in [5.74, 6) is 0.524. The number of pyridine rings is 1. The van der Waals surface area contributed by atoms with Crippen molar-refractivity contribution in [1.82, 2.24) is 14.1 Å². The minimum absolute atomic E-state index is 0. The number of rotatable bonds is 10. The van der Waals surface area contributed by atoms with Crippen molar-refractivity contribution in [3.05, 3.63) is 271 Å². The molecule has 3 heterocycles. The number of ether oxygens (including phenoxy) is 1. The molecule has 0 spiro atoms. The van der Waals surface area contributed by atoms with Gasteiger partial charge >= 0.3 is 0 Å². The van der Waals surface area contributed by atoms with E-state index in [9.17, 15) is 9.60 Å². The number of hydrogen-bond donors (Lipinski definition) is 0. The normalized spacial score (nSPS) is 15.7. The first kappa shape index (κ1) is 36.7. The molecule has 13 aromatic rings. The third-order valence-corrected chi connectivity index (χ3v) is 14.9. The Morgan fingerprint density at radius 3 is 1.78 bits per heavy atom. The summed E-state index contributed by atoms with van der Waals surface area (Å²) in [6, 6.07) is 29.3. The Morgan fingerprint density at radius 1 is 0.506 bits per heavy atom. The number of nitrogens with zero attached hydrogens (tertiary/aromatic N) is 4. The van der Waals surface area contributed by atoms with Crippen molar-refractivity contribution < 1.29 is 59.2 Å². The van der Waals surface area contributed by atoms with Gasteiger partial charge in [0.25, 0.3) is 6.33 Å². The van der Waals surface area contributed by atoms with Crippen LogP contribution in [0.3, 0.4) is 0 Å². The van der Waals surface area contributed by atoms with E-state index < -0.39 is 143 Å². The molecule has 0 aliphatic rings. The molecule has 3 aromatic heterocycles. The zero-order valence-corrected chi connectivity index (χ0v) is 50.3. The summed E-state index contributed by atoms with van der Waals surface area (Å²) in [5.41, 5.74) is 2.94. The standard InChI is InChI=1S/C79H68N4O.Pt/c1-52-40-75(80-50-69(52)55-28-18-13-19-29-55)83-71-35-21-20-32-67(71)68-38-37-65(49-73(68)83)84-64-31-22-30-63(48-64)81-51-82(72-39-36-56(46-74(72)81)59-44-61(77(2,3)4)47-62(45-59)78(5,6)7)76-66(33-23-34-70(76)79(8,9)10)60-42-57(53-24-14-11-15-25-53)41-58(43-60)54-26-16-12-17-27-54;/h11-47,50H,1-10H3;/q-2;/i1D3,11D,12D,13D,14D,15D,16D,17D,18D,19D,24D,25D,26D,27D,28D,29D,41D,42D,43D;. The van der Waals surface area contributed by atoms with Gasteiger partial charge in [-0.3, -0.25) is 4.57 Å². The van der Waals surface area contributed by atoms with E-state index in [1.807, 2.05) is 75.4 Å². The van der Waals surface area contributed by atoms with Crippen molar-refractivity contribution in [2.24, 2.45) is 0 Å². The van der Waals surface area contributed by atoms with Gasteiger partial charge in [0.2, 0.25) is 0 Å². The minimum Gasteiger partial charge on any atom is -0.510 e. The zero-order chi connectivity index (χ0) is 76.2. The summed E-state index contributed by atoms with van der Waals surface area (Å²) in [4.78, 5) is 4.73. The number of benzene rings is 10. The van der Waals surface area contributed by atoms with Gasteiger partial charge in [-0.1, -0.05) is 225 Å². The second-order valence-corrected chi connectivity index (χ2v) is 23.8. The van der Waals surface area contributed by atoms with Gasteiger partial charge in [0, 0.05) is 54.0 Å². The molecule has 5 nitrogen and oxygen atoms in total. The average molecular weight is 1310 g/mol. The summed E-state index contributed by atoms with van der Waals surface area (Å²) < 4.78 is 200. The maximum atomic E-state index is 10.3. The Morgan fingerprint density at radius 2 is 1.13 bits per heavy atom. The number of fused-ring (bicyclic) bond motifs is 4. The molecule has 0 saturated heterocycles. The molecule has 0 N–H and O–H groups in total. The molecule has 0 amide bonds. The van der Waals surface area contributed by atoms with E-state index in [0.29, 0.717) is 44.4 Å². The first-order chi connectivity index (χ1) is 49.1. The van der Waals surface area contributed by atoms with Crippen LogP contribution in [0.15, 0.2) is 230 Å². The predicted molar refractivity (Wildman–Crippen MR) is 348 cm³/mol.